The van der Waals surface area contributed by atoms with Gasteiger partial charge in [0.1, 0.15) is 5.84 Å². The summed E-state index contributed by atoms with van der Waals surface area (Å²) in [5, 5.41) is 11.5. The van der Waals surface area contributed by atoms with Crippen molar-refractivity contribution in [2.24, 2.45) is 5.73 Å². The first-order chi connectivity index (χ1) is 5.26. The number of amidine groups is 1. The monoisotopic (exact) mass is 166 g/mol. The van der Waals surface area contributed by atoms with Crippen molar-refractivity contribution in [2.75, 3.05) is 0 Å². The van der Waals surface area contributed by atoms with Crippen LogP contribution in [0.25, 0.3) is 0 Å². The topological polar surface area (TPSA) is 49.9 Å². The third-order valence-electron chi connectivity index (χ3n) is 2.34. The van der Waals surface area contributed by atoms with E-state index in [0.717, 1.165) is 12.8 Å². The minimum atomic E-state index is -0.0556. The Hall–Kier alpha value is -0.830. The molecule has 0 atom stereocenters. The first-order valence-electron chi connectivity index (χ1n) is 3.63. The molecule has 1 fully saturated rings. The summed E-state index contributed by atoms with van der Waals surface area (Å²) in [6.45, 7) is 0. The van der Waals surface area contributed by atoms with Gasteiger partial charge in [-0.2, -0.15) is 11.3 Å². The summed E-state index contributed by atoms with van der Waals surface area (Å²) in [6, 6.07) is 2.07. The maximum atomic E-state index is 7.42. The van der Waals surface area contributed by atoms with Crippen LogP contribution in [-0.2, 0) is 5.41 Å². The van der Waals surface area contributed by atoms with Gasteiger partial charge in [0, 0.05) is 0 Å². The van der Waals surface area contributed by atoms with Gasteiger partial charge in [-0.25, -0.2) is 0 Å². The maximum Gasteiger partial charge on any atom is 0.101 e. The summed E-state index contributed by atoms with van der Waals surface area (Å²) >= 11 is 1.67. The Bertz CT molecular complexity index is 272. The second-order valence-electron chi connectivity index (χ2n) is 3.01. The van der Waals surface area contributed by atoms with Crippen LogP contribution in [0.3, 0.4) is 0 Å². The lowest BCUT2D eigenvalue weighted by atomic mass is 9.98. The number of hydrogen-bond acceptors (Lipinski definition) is 2. The number of nitrogens with two attached hydrogens (primary N) is 1. The van der Waals surface area contributed by atoms with E-state index in [1.165, 1.54) is 5.56 Å². The van der Waals surface area contributed by atoms with Crippen molar-refractivity contribution in [2.45, 2.75) is 18.3 Å². The fourth-order valence-electron chi connectivity index (χ4n) is 1.38. The molecule has 1 aliphatic rings. The van der Waals surface area contributed by atoms with E-state index in [1.807, 2.05) is 5.38 Å². The molecule has 1 aromatic rings. The summed E-state index contributed by atoms with van der Waals surface area (Å²) in [5.41, 5.74) is 6.69. The predicted octanol–water partition coefficient (Wildman–Crippen LogP) is 1.72. The molecule has 3 N–H and O–H groups in total. The van der Waals surface area contributed by atoms with Gasteiger partial charge in [0.25, 0.3) is 0 Å². The second kappa shape index (κ2) is 2.08. The van der Waals surface area contributed by atoms with Crippen molar-refractivity contribution in [3.05, 3.63) is 22.4 Å². The van der Waals surface area contributed by atoms with Crippen LogP contribution in [0.2, 0.25) is 0 Å². The van der Waals surface area contributed by atoms with E-state index >= 15 is 0 Å². The Morgan fingerprint density at radius 2 is 2.36 bits per heavy atom. The average molecular weight is 166 g/mol. The third kappa shape index (κ3) is 0.878. The number of nitrogens with one attached hydrogen (secondary N) is 1. The molecule has 0 spiro atoms. The van der Waals surface area contributed by atoms with Gasteiger partial charge >= 0.3 is 0 Å². The van der Waals surface area contributed by atoms with Gasteiger partial charge in [0.2, 0.25) is 0 Å². The zero-order valence-corrected chi connectivity index (χ0v) is 6.95. The van der Waals surface area contributed by atoms with Crippen LogP contribution >= 0.6 is 11.3 Å². The molecule has 0 amide bonds. The highest BCUT2D eigenvalue weighted by Gasteiger charge is 2.47. The summed E-state index contributed by atoms with van der Waals surface area (Å²) in [5.74, 6) is 0.330. The van der Waals surface area contributed by atoms with Crippen LogP contribution in [0, 0.1) is 5.41 Å². The summed E-state index contributed by atoms with van der Waals surface area (Å²) in [7, 11) is 0. The molecular weight excluding hydrogens is 156 g/mol. The SMILES string of the molecule is N=C(N)C1(c2ccsc2)CC1. The third-order valence-corrected chi connectivity index (χ3v) is 3.02. The van der Waals surface area contributed by atoms with Crippen LogP contribution in [0.15, 0.2) is 16.8 Å². The smallest absolute Gasteiger partial charge is 0.101 e. The van der Waals surface area contributed by atoms with Crippen LogP contribution in [-0.4, -0.2) is 5.84 Å². The normalized spacial score (nSPS) is 19.6. The van der Waals surface area contributed by atoms with Crippen molar-refractivity contribution >= 4 is 17.2 Å². The van der Waals surface area contributed by atoms with Crippen molar-refractivity contribution in [3.63, 3.8) is 0 Å². The minimum absolute atomic E-state index is 0.0556. The van der Waals surface area contributed by atoms with Crippen LogP contribution in [0.4, 0.5) is 0 Å². The van der Waals surface area contributed by atoms with Crippen LogP contribution < -0.4 is 5.73 Å². The van der Waals surface area contributed by atoms with E-state index in [0.29, 0.717) is 5.84 Å². The van der Waals surface area contributed by atoms with Gasteiger partial charge in [0.05, 0.1) is 5.41 Å². The summed E-state index contributed by atoms with van der Waals surface area (Å²) in [4.78, 5) is 0. The van der Waals surface area contributed by atoms with Gasteiger partial charge < -0.3 is 5.73 Å². The van der Waals surface area contributed by atoms with Gasteiger partial charge in [-0.3, -0.25) is 5.41 Å². The van der Waals surface area contributed by atoms with E-state index in [1.54, 1.807) is 11.3 Å². The van der Waals surface area contributed by atoms with E-state index in [9.17, 15) is 0 Å². The van der Waals surface area contributed by atoms with Crippen molar-refractivity contribution in [1.29, 1.82) is 5.41 Å². The van der Waals surface area contributed by atoms with Gasteiger partial charge in [-0.05, 0) is 35.2 Å². The number of thiophene rings is 1. The molecule has 3 heteroatoms. The molecule has 0 aliphatic heterocycles. The highest BCUT2D eigenvalue weighted by molar-refractivity contribution is 7.08. The quantitative estimate of drug-likeness (QED) is 0.510. The summed E-state index contributed by atoms with van der Waals surface area (Å²) in [6.07, 6.45) is 2.11. The Morgan fingerprint density at radius 3 is 2.73 bits per heavy atom. The van der Waals surface area contributed by atoms with Gasteiger partial charge in [0.15, 0.2) is 0 Å². The largest absolute Gasteiger partial charge is 0.387 e. The molecule has 0 saturated heterocycles. The molecule has 2 rings (SSSR count). The fourth-order valence-corrected chi connectivity index (χ4v) is 2.13. The van der Waals surface area contributed by atoms with E-state index < -0.39 is 0 Å². The van der Waals surface area contributed by atoms with Gasteiger partial charge in [-0.15, -0.1) is 0 Å². The predicted molar refractivity (Wildman–Crippen MR) is 47.1 cm³/mol. The van der Waals surface area contributed by atoms with Crippen LogP contribution in [0.1, 0.15) is 18.4 Å². The zero-order valence-electron chi connectivity index (χ0n) is 6.13. The molecule has 11 heavy (non-hydrogen) atoms. The molecule has 1 heterocycles. The minimum Gasteiger partial charge on any atom is -0.387 e. The lowest BCUT2D eigenvalue weighted by Crippen LogP contribution is -2.26. The molecular formula is C8H10N2S. The Balaban J connectivity index is 2.36. The molecule has 0 aromatic carbocycles. The molecule has 0 radical (unpaired) electrons. The standard InChI is InChI=1S/C8H10N2S/c9-7(10)8(2-3-8)6-1-4-11-5-6/h1,4-5H,2-3H2,(H3,9,10). The molecule has 0 bridgehead atoms. The first-order valence-corrected chi connectivity index (χ1v) is 4.57. The second-order valence-corrected chi connectivity index (χ2v) is 3.79. The molecule has 2 nitrogen and oxygen atoms in total. The van der Waals surface area contributed by atoms with Crippen molar-refractivity contribution in [1.82, 2.24) is 0 Å². The highest BCUT2D eigenvalue weighted by Crippen LogP contribution is 2.48. The molecule has 0 unspecified atom stereocenters. The van der Waals surface area contributed by atoms with E-state index in [4.69, 9.17) is 11.1 Å². The highest BCUT2D eigenvalue weighted by atomic mass is 32.1. The number of rotatable bonds is 2. The molecule has 1 aromatic heterocycles. The fraction of sp³-hybridized carbons (Fsp3) is 0.375. The van der Waals surface area contributed by atoms with Crippen molar-refractivity contribution in [3.8, 4) is 0 Å². The van der Waals surface area contributed by atoms with E-state index in [2.05, 4.69) is 11.4 Å². The van der Waals surface area contributed by atoms with Crippen molar-refractivity contribution < 1.29 is 0 Å². The Kier molecular flexibility index (Phi) is 1.29. The maximum absolute atomic E-state index is 7.42. The molecule has 1 aliphatic carbocycles. The lowest BCUT2D eigenvalue weighted by molar-refractivity contribution is 0.930. The van der Waals surface area contributed by atoms with E-state index in [-0.39, 0.29) is 5.41 Å². The first kappa shape index (κ1) is 6.85. The average Bonchev–Trinajstić information content (AvgIpc) is 2.61. The lowest BCUT2D eigenvalue weighted by Gasteiger charge is -2.09. The van der Waals surface area contributed by atoms with Crippen LogP contribution in [0.5, 0.6) is 0 Å². The zero-order chi connectivity index (χ0) is 7.90. The number of hydrogen-bond donors (Lipinski definition) is 2. The molecule has 58 valence electrons. The Labute approximate surface area is 69.6 Å². The molecule has 1 saturated carbocycles. The summed E-state index contributed by atoms with van der Waals surface area (Å²) < 4.78 is 0. The van der Waals surface area contributed by atoms with Gasteiger partial charge in [-0.1, -0.05) is 0 Å². The Morgan fingerprint density at radius 1 is 1.64 bits per heavy atom.